The Morgan fingerprint density at radius 3 is 2.58 bits per heavy atom. The van der Waals surface area contributed by atoms with Gasteiger partial charge in [0.25, 0.3) is 5.91 Å². The lowest BCUT2D eigenvalue weighted by Crippen LogP contribution is -2.31. The van der Waals surface area contributed by atoms with Crippen molar-refractivity contribution in [3.8, 4) is 11.5 Å². The zero-order chi connectivity index (χ0) is 16.8. The van der Waals surface area contributed by atoms with E-state index in [4.69, 9.17) is 9.47 Å². The van der Waals surface area contributed by atoms with Crippen molar-refractivity contribution in [2.45, 2.75) is 32.2 Å². The van der Waals surface area contributed by atoms with Crippen molar-refractivity contribution in [1.82, 2.24) is 5.32 Å². The summed E-state index contributed by atoms with van der Waals surface area (Å²) < 4.78 is 11.3. The van der Waals surface area contributed by atoms with Crippen molar-refractivity contribution in [1.29, 1.82) is 0 Å². The van der Waals surface area contributed by atoms with Crippen LogP contribution in [0.15, 0.2) is 48.5 Å². The maximum absolute atomic E-state index is 12.2. The summed E-state index contributed by atoms with van der Waals surface area (Å²) in [4.78, 5) is 12.2. The molecule has 0 aromatic heterocycles. The molecule has 0 radical (unpaired) electrons. The quantitative estimate of drug-likeness (QED) is 0.845. The molecule has 126 valence electrons. The first-order chi connectivity index (χ1) is 11.8. The number of aryl methyl sites for hydroxylation is 1. The zero-order valence-electron chi connectivity index (χ0n) is 14.0. The van der Waals surface area contributed by atoms with Crippen LogP contribution in [0.3, 0.4) is 0 Å². The van der Waals surface area contributed by atoms with Crippen molar-refractivity contribution >= 4 is 5.91 Å². The lowest BCUT2D eigenvalue weighted by atomic mass is 10.1. The van der Waals surface area contributed by atoms with Crippen LogP contribution < -0.4 is 14.8 Å². The minimum Gasteiger partial charge on any atom is -0.490 e. The second-order valence-electron chi connectivity index (χ2n) is 5.94. The molecule has 1 aliphatic carbocycles. The van der Waals surface area contributed by atoms with Crippen molar-refractivity contribution in [2.24, 2.45) is 0 Å². The monoisotopic (exact) mass is 325 g/mol. The molecule has 0 heterocycles. The smallest absolute Gasteiger partial charge is 0.258 e. The average molecular weight is 325 g/mol. The van der Waals surface area contributed by atoms with Gasteiger partial charge in [-0.25, -0.2) is 0 Å². The van der Waals surface area contributed by atoms with E-state index < -0.39 is 0 Å². The topological polar surface area (TPSA) is 47.6 Å². The molecule has 0 bridgehead atoms. The Labute approximate surface area is 142 Å². The first kappa shape index (κ1) is 16.4. The fourth-order valence-electron chi connectivity index (χ4n) is 2.99. The van der Waals surface area contributed by atoms with Gasteiger partial charge in [0.15, 0.2) is 18.1 Å². The number of nitrogens with one attached hydrogen (secondary N) is 1. The largest absolute Gasteiger partial charge is 0.490 e. The number of hydrogen-bond donors (Lipinski definition) is 1. The number of amides is 1. The molecule has 1 atom stereocenters. The molecule has 0 saturated heterocycles. The van der Waals surface area contributed by atoms with Gasteiger partial charge in [-0.3, -0.25) is 4.79 Å². The molecule has 4 heteroatoms. The molecule has 0 aliphatic heterocycles. The van der Waals surface area contributed by atoms with Crippen LogP contribution in [-0.4, -0.2) is 19.1 Å². The molecule has 4 nitrogen and oxygen atoms in total. The highest BCUT2D eigenvalue weighted by molar-refractivity contribution is 5.78. The fraction of sp³-hybridized carbons (Fsp3) is 0.350. The average Bonchev–Trinajstić information content (AvgIpc) is 3.02. The van der Waals surface area contributed by atoms with E-state index in [-0.39, 0.29) is 18.6 Å². The standard InChI is InChI=1S/C20H23NO3/c1-2-13-23-18-9-5-6-10-19(18)24-14-20(22)21-17-12-11-15-7-3-4-8-16(15)17/h3-10,17H,2,11-14H2,1H3,(H,21,22). The Balaban J connectivity index is 1.55. The summed E-state index contributed by atoms with van der Waals surface area (Å²) >= 11 is 0. The minimum absolute atomic E-state index is 0.00876. The summed E-state index contributed by atoms with van der Waals surface area (Å²) in [5, 5.41) is 3.06. The molecular weight excluding hydrogens is 302 g/mol. The second kappa shape index (κ2) is 7.86. The molecule has 0 fully saturated rings. The number of ether oxygens (including phenoxy) is 2. The van der Waals surface area contributed by atoms with Crippen LogP contribution in [-0.2, 0) is 11.2 Å². The first-order valence-electron chi connectivity index (χ1n) is 8.49. The Morgan fingerprint density at radius 1 is 1.08 bits per heavy atom. The number of carbonyl (C=O) groups excluding carboxylic acids is 1. The SMILES string of the molecule is CCCOc1ccccc1OCC(=O)NC1CCc2ccccc21. The Kier molecular flexibility index (Phi) is 5.36. The van der Waals surface area contributed by atoms with Gasteiger partial charge in [0.2, 0.25) is 0 Å². The third kappa shape index (κ3) is 3.88. The van der Waals surface area contributed by atoms with Crippen LogP contribution in [0, 0.1) is 0 Å². The first-order valence-corrected chi connectivity index (χ1v) is 8.49. The number of fused-ring (bicyclic) bond motifs is 1. The number of carbonyl (C=O) groups is 1. The van der Waals surface area contributed by atoms with Crippen LogP contribution in [0.1, 0.15) is 36.9 Å². The summed E-state index contributed by atoms with van der Waals surface area (Å²) in [6.07, 6.45) is 2.88. The van der Waals surface area contributed by atoms with Crippen LogP contribution in [0.2, 0.25) is 0 Å². The molecule has 1 aliphatic rings. The highest BCUT2D eigenvalue weighted by atomic mass is 16.5. The number of benzene rings is 2. The molecule has 2 aromatic rings. The van der Waals surface area contributed by atoms with Gasteiger partial charge < -0.3 is 14.8 Å². The van der Waals surface area contributed by atoms with E-state index in [1.807, 2.05) is 36.4 Å². The predicted octanol–water partition coefficient (Wildman–Crippen LogP) is 3.66. The van der Waals surface area contributed by atoms with Gasteiger partial charge in [-0.05, 0) is 42.5 Å². The van der Waals surface area contributed by atoms with E-state index in [0.29, 0.717) is 18.1 Å². The van der Waals surface area contributed by atoms with Gasteiger partial charge in [0, 0.05) is 0 Å². The minimum atomic E-state index is -0.109. The highest BCUT2D eigenvalue weighted by Crippen LogP contribution is 2.31. The maximum atomic E-state index is 12.2. The molecule has 3 rings (SSSR count). The van der Waals surface area contributed by atoms with E-state index >= 15 is 0 Å². The van der Waals surface area contributed by atoms with Crippen LogP contribution in [0.25, 0.3) is 0 Å². The summed E-state index contributed by atoms with van der Waals surface area (Å²) in [5.41, 5.74) is 2.54. The summed E-state index contributed by atoms with van der Waals surface area (Å²) in [5.74, 6) is 1.17. The molecule has 24 heavy (non-hydrogen) atoms. The molecule has 0 saturated carbocycles. The van der Waals surface area contributed by atoms with Crippen molar-refractivity contribution in [2.75, 3.05) is 13.2 Å². The van der Waals surface area contributed by atoms with Crippen LogP contribution in [0.4, 0.5) is 0 Å². The fourth-order valence-corrected chi connectivity index (χ4v) is 2.99. The molecule has 1 N–H and O–H groups in total. The maximum Gasteiger partial charge on any atom is 0.258 e. The molecular formula is C20H23NO3. The molecule has 1 amide bonds. The number of rotatable bonds is 7. The number of hydrogen-bond acceptors (Lipinski definition) is 3. The van der Waals surface area contributed by atoms with Crippen LogP contribution >= 0.6 is 0 Å². The van der Waals surface area contributed by atoms with Crippen molar-refractivity contribution in [3.63, 3.8) is 0 Å². The van der Waals surface area contributed by atoms with Gasteiger partial charge in [-0.1, -0.05) is 43.3 Å². The van der Waals surface area contributed by atoms with E-state index in [1.54, 1.807) is 0 Å². The molecule has 0 spiro atoms. The molecule has 1 unspecified atom stereocenters. The third-order valence-corrected chi connectivity index (χ3v) is 4.14. The molecule has 2 aromatic carbocycles. The van der Waals surface area contributed by atoms with Crippen molar-refractivity contribution in [3.05, 3.63) is 59.7 Å². The Morgan fingerprint density at radius 2 is 1.79 bits per heavy atom. The summed E-state index contributed by atoms with van der Waals surface area (Å²) in [6, 6.07) is 15.8. The second-order valence-corrected chi connectivity index (χ2v) is 5.94. The van der Waals surface area contributed by atoms with Crippen molar-refractivity contribution < 1.29 is 14.3 Å². The summed E-state index contributed by atoms with van der Waals surface area (Å²) in [6.45, 7) is 2.67. The van der Waals surface area contributed by atoms with Gasteiger partial charge in [-0.2, -0.15) is 0 Å². The zero-order valence-corrected chi connectivity index (χ0v) is 14.0. The Bertz CT molecular complexity index is 699. The highest BCUT2D eigenvalue weighted by Gasteiger charge is 2.23. The lowest BCUT2D eigenvalue weighted by molar-refractivity contribution is -0.123. The third-order valence-electron chi connectivity index (χ3n) is 4.14. The lowest BCUT2D eigenvalue weighted by Gasteiger charge is -2.15. The van der Waals surface area contributed by atoms with Gasteiger partial charge in [0.1, 0.15) is 0 Å². The van der Waals surface area contributed by atoms with E-state index in [9.17, 15) is 4.79 Å². The normalized spacial score (nSPS) is 15.6. The van der Waals surface area contributed by atoms with Crippen LogP contribution in [0.5, 0.6) is 11.5 Å². The van der Waals surface area contributed by atoms with Gasteiger partial charge >= 0.3 is 0 Å². The Hall–Kier alpha value is -2.49. The summed E-state index contributed by atoms with van der Waals surface area (Å²) in [7, 11) is 0. The number of para-hydroxylation sites is 2. The van der Waals surface area contributed by atoms with Gasteiger partial charge in [0.05, 0.1) is 12.6 Å². The van der Waals surface area contributed by atoms with E-state index in [2.05, 4.69) is 24.4 Å². The predicted molar refractivity (Wildman–Crippen MR) is 93.4 cm³/mol. The van der Waals surface area contributed by atoms with Gasteiger partial charge in [-0.15, -0.1) is 0 Å². The van der Waals surface area contributed by atoms with E-state index in [0.717, 1.165) is 19.3 Å². The van der Waals surface area contributed by atoms with E-state index in [1.165, 1.54) is 11.1 Å².